The van der Waals surface area contributed by atoms with Crippen LogP contribution in [0.1, 0.15) is 50.5 Å². The van der Waals surface area contributed by atoms with Crippen molar-refractivity contribution in [2.45, 2.75) is 50.2 Å². The first-order valence-corrected chi connectivity index (χ1v) is 5.76. The predicted molar refractivity (Wildman–Crippen MR) is 58.7 cm³/mol. The third-order valence-electron chi connectivity index (χ3n) is 3.34. The molecule has 1 fully saturated rings. The Kier molecular flexibility index (Phi) is 3.55. The van der Waals surface area contributed by atoms with E-state index in [0.29, 0.717) is 12.8 Å². The second-order valence-electron chi connectivity index (χ2n) is 4.40. The van der Waals surface area contributed by atoms with E-state index in [1.165, 1.54) is 0 Å². The number of tetrazole rings is 1. The van der Waals surface area contributed by atoms with Crippen LogP contribution in [0.25, 0.3) is 10.4 Å². The number of rotatable bonds is 3. The van der Waals surface area contributed by atoms with Gasteiger partial charge in [0.2, 0.25) is 0 Å². The van der Waals surface area contributed by atoms with E-state index in [4.69, 9.17) is 5.53 Å². The first-order valence-electron chi connectivity index (χ1n) is 5.76. The van der Waals surface area contributed by atoms with Crippen molar-refractivity contribution in [2.24, 2.45) is 5.11 Å². The van der Waals surface area contributed by atoms with Gasteiger partial charge < -0.3 is 5.11 Å². The summed E-state index contributed by atoms with van der Waals surface area (Å²) in [7, 11) is 0. The molecule has 1 unspecified atom stereocenters. The van der Waals surface area contributed by atoms with E-state index in [9.17, 15) is 5.11 Å². The van der Waals surface area contributed by atoms with E-state index >= 15 is 0 Å². The molecule has 1 heterocycles. The zero-order valence-electron chi connectivity index (χ0n) is 9.45. The van der Waals surface area contributed by atoms with Gasteiger partial charge in [-0.15, -0.1) is 5.10 Å². The van der Waals surface area contributed by atoms with E-state index < -0.39 is 11.6 Å². The van der Waals surface area contributed by atoms with Gasteiger partial charge in [0.05, 0.1) is 5.54 Å². The average Bonchev–Trinajstić information content (AvgIpc) is 2.76. The largest absolute Gasteiger partial charge is 0.384 e. The summed E-state index contributed by atoms with van der Waals surface area (Å²) in [5.74, 6) is 0.263. The molecule has 8 heteroatoms. The third kappa shape index (κ3) is 2.37. The van der Waals surface area contributed by atoms with Crippen molar-refractivity contribution >= 4 is 0 Å². The molecule has 0 spiro atoms. The lowest BCUT2D eigenvalue weighted by atomic mass is 9.85. The predicted octanol–water partition coefficient (Wildman–Crippen LogP) is 1.64. The lowest BCUT2D eigenvalue weighted by Gasteiger charge is -2.30. The molecular formula is C9H15N7O. The van der Waals surface area contributed by atoms with E-state index in [2.05, 4.69) is 30.7 Å². The van der Waals surface area contributed by atoms with Gasteiger partial charge in [-0.1, -0.05) is 30.8 Å². The summed E-state index contributed by atoms with van der Waals surface area (Å²) in [6.07, 6.45) is 4.45. The molecule has 0 saturated heterocycles. The lowest BCUT2D eigenvalue weighted by molar-refractivity contribution is 0.0660. The van der Waals surface area contributed by atoms with Gasteiger partial charge in [0.25, 0.3) is 0 Å². The van der Waals surface area contributed by atoms with Crippen molar-refractivity contribution in [3.63, 3.8) is 0 Å². The van der Waals surface area contributed by atoms with Crippen LogP contribution in [0.5, 0.6) is 0 Å². The Balaban J connectivity index is 2.29. The van der Waals surface area contributed by atoms with E-state index in [1.54, 1.807) is 0 Å². The molecule has 0 aromatic carbocycles. The molecule has 1 aromatic heterocycles. The Hall–Kier alpha value is -1.66. The number of nitrogens with zero attached hydrogens (tertiary/aromatic N) is 6. The van der Waals surface area contributed by atoms with Gasteiger partial charge >= 0.3 is 0 Å². The van der Waals surface area contributed by atoms with E-state index in [-0.39, 0.29) is 5.82 Å². The number of aliphatic hydroxyl groups excluding tert-OH is 1. The zero-order valence-corrected chi connectivity index (χ0v) is 9.45. The molecular weight excluding hydrogens is 222 g/mol. The fraction of sp³-hybridized carbons (Fsp3) is 0.889. The van der Waals surface area contributed by atoms with Gasteiger partial charge in [0, 0.05) is 4.91 Å². The van der Waals surface area contributed by atoms with Gasteiger partial charge in [-0.3, -0.25) is 0 Å². The summed E-state index contributed by atoms with van der Waals surface area (Å²) >= 11 is 0. The average molecular weight is 237 g/mol. The molecule has 0 radical (unpaired) electrons. The van der Waals surface area contributed by atoms with Crippen LogP contribution in [-0.2, 0) is 0 Å². The van der Waals surface area contributed by atoms with Crippen LogP contribution in [0.15, 0.2) is 5.11 Å². The second-order valence-corrected chi connectivity index (χ2v) is 4.40. The molecule has 2 rings (SSSR count). The third-order valence-corrected chi connectivity index (χ3v) is 3.34. The maximum Gasteiger partial charge on any atom is 0.178 e. The van der Waals surface area contributed by atoms with E-state index in [1.807, 2.05) is 0 Å². The highest BCUT2D eigenvalue weighted by atomic mass is 16.3. The number of hydrogen-bond donors (Lipinski definition) is 2. The fourth-order valence-electron chi connectivity index (χ4n) is 2.39. The van der Waals surface area contributed by atoms with Gasteiger partial charge in [0.15, 0.2) is 5.82 Å². The zero-order chi connectivity index (χ0) is 12.1. The summed E-state index contributed by atoms with van der Waals surface area (Å²) in [5, 5.41) is 27.3. The number of aliphatic hydroxyl groups is 1. The lowest BCUT2D eigenvalue weighted by Crippen LogP contribution is -2.34. The maximum absolute atomic E-state index is 10.3. The molecule has 0 aliphatic heterocycles. The minimum atomic E-state index is -0.966. The van der Waals surface area contributed by atoms with Crippen LogP contribution in [0.3, 0.4) is 0 Å². The van der Waals surface area contributed by atoms with Crippen LogP contribution in [0.4, 0.5) is 0 Å². The Bertz CT molecular complexity index is 389. The molecule has 0 amide bonds. The summed E-state index contributed by atoms with van der Waals surface area (Å²) in [6.45, 7) is 0. The van der Waals surface area contributed by atoms with Crippen molar-refractivity contribution in [2.75, 3.05) is 0 Å². The number of aromatic nitrogens is 4. The Morgan fingerprint density at radius 2 is 2.06 bits per heavy atom. The molecule has 1 aromatic rings. The molecule has 8 nitrogen and oxygen atoms in total. The molecule has 1 aliphatic rings. The van der Waals surface area contributed by atoms with Crippen LogP contribution in [0.2, 0.25) is 0 Å². The number of H-pyrrole nitrogens is 1. The van der Waals surface area contributed by atoms with Gasteiger partial charge in [-0.25, -0.2) is 5.10 Å². The minimum Gasteiger partial charge on any atom is -0.384 e. The van der Waals surface area contributed by atoms with Crippen molar-refractivity contribution in [3.8, 4) is 0 Å². The van der Waals surface area contributed by atoms with Crippen molar-refractivity contribution in [1.82, 2.24) is 20.6 Å². The van der Waals surface area contributed by atoms with Crippen LogP contribution < -0.4 is 0 Å². The Morgan fingerprint density at radius 1 is 1.35 bits per heavy atom. The maximum atomic E-state index is 10.3. The van der Waals surface area contributed by atoms with Gasteiger partial charge in [0.1, 0.15) is 6.10 Å². The number of nitrogens with one attached hydrogen (secondary N) is 1. The molecule has 17 heavy (non-hydrogen) atoms. The first-order chi connectivity index (χ1) is 8.28. The second kappa shape index (κ2) is 5.11. The Morgan fingerprint density at radius 3 is 2.59 bits per heavy atom. The summed E-state index contributed by atoms with van der Waals surface area (Å²) in [5.41, 5.74) is 7.89. The van der Waals surface area contributed by atoms with Crippen LogP contribution in [0, 0.1) is 0 Å². The normalized spacial score (nSPS) is 21.2. The SMILES string of the molecule is [N-]=[N+]=NC1(C(O)c2nnn[nH]2)CCCCCC1. The quantitative estimate of drug-likeness (QED) is 0.359. The monoisotopic (exact) mass is 237 g/mol. The highest BCUT2D eigenvalue weighted by molar-refractivity contribution is 5.03. The molecule has 0 bridgehead atoms. The standard InChI is InChI=1S/C9H15N7O/c10-14-13-9(5-3-1-2-4-6-9)7(17)8-11-15-16-12-8/h7,17H,1-6H2,(H,11,12,15,16). The molecule has 1 saturated carbocycles. The van der Waals surface area contributed by atoms with Crippen LogP contribution >= 0.6 is 0 Å². The molecule has 2 N–H and O–H groups in total. The highest BCUT2D eigenvalue weighted by Crippen LogP contribution is 2.39. The number of hydrogen-bond acceptors (Lipinski definition) is 5. The summed E-state index contributed by atoms with van der Waals surface area (Å²) < 4.78 is 0. The van der Waals surface area contributed by atoms with Gasteiger partial charge in [-0.05, 0) is 28.8 Å². The van der Waals surface area contributed by atoms with E-state index in [0.717, 1.165) is 25.7 Å². The fourth-order valence-corrected chi connectivity index (χ4v) is 2.39. The molecule has 1 aliphatic carbocycles. The molecule has 1 atom stereocenters. The summed E-state index contributed by atoms with van der Waals surface area (Å²) in [4.78, 5) is 2.89. The summed E-state index contributed by atoms with van der Waals surface area (Å²) in [6, 6.07) is 0. The number of aromatic amines is 1. The van der Waals surface area contributed by atoms with Crippen molar-refractivity contribution in [3.05, 3.63) is 16.3 Å². The van der Waals surface area contributed by atoms with Crippen molar-refractivity contribution < 1.29 is 5.11 Å². The van der Waals surface area contributed by atoms with Crippen molar-refractivity contribution in [1.29, 1.82) is 0 Å². The number of azide groups is 1. The molecule has 92 valence electrons. The van der Waals surface area contributed by atoms with Crippen LogP contribution in [-0.4, -0.2) is 31.3 Å². The minimum absolute atomic E-state index is 0.263. The topological polar surface area (TPSA) is 123 Å². The first kappa shape index (κ1) is 11.8. The smallest absolute Gasteiger partial charge is 0.178 e. The van der Waals surface area contributed by atoms with Gasteiger partial charge in [-0.2, -0.15) is 0 Å². The highest BCUT2D eigenvalue weighted by Gasteiger charge is 2.40. The Labute approximate surface area is 98.0 Å².